The van der Waals surface area contributed by atoms with Gasteiger partial charge in [-0.05, 0) is 23.1 Å². The molecule has 0 atom stereocenters. The quantitative estimate of drug-likeness (QED) is 0.819. The first-order valence-corrected chi connectivity index (χ1v) is 7.65. The Morgan fingerprint density at radius 3 is 2.52 bits per heavy atom. The van der Waals surface area contributed by atoms with Crippen molar-refractivity contribution in [1.82, 2.24) is 9.55 Å². The molecule has 4 nitrogen and oxygen atoms in total. The molecule has 0 aliphatic rings. The zero-order chi connectivity index (χ0) is 15.8. The van der Waals surface area contributed by atoms with Crippen molar-refractivity contribution < 1.29 is 0 Å². The molecule has 6 heteroatoms. The number of nitrogens with one attached hydrogen (secondary N) is 1. The second-order valence-electron chi connectivity index (χ2n) is 6.08. The SMILES string of the molecule is CC(C)(C)Cn1c(=O)[nH]c(Cl)c(-c2cccc(Br)c2)c1=O. The van der Waals surface area contributed by atoms with Crippen LogP contribution >= 0.6 is 27.5 Å². The Balaban J connectivity index is 2.71. The van der Waals surface area contributed by atoms with Gasteiger partial charge in [-0.3, -0.25) is 14.3 Å². The summed E-state index contributed by atoms with van der Waals surface area (Å²) in [5.41, 5.74) is -0.0883. The van der Waals surface area contributed by atoms with Crippen molar-refractivity contribution in [3.63, 3.8) is 0 Å². The van der Waals surface area contributed by atoms with Gasteiger partial charge in [0.1, 0.15) is 5.15 Å². The molecule has 1 aromatic carbocycles. The van der Waals surface area contributed by atoms with Crippen LogP contribution in [0.15, 0.2) is 38.3 Å². The van der Waals surface area contributed by atoms with E-state index in [1.807, 2.05) is 32.9 Å². The normalized spacial score (nSPS) is 11.7. The van der Waals surface area contributed by atoms with Gasteiger partial charge in [0.05, 0.1) is 5.56 Å². The highest BCUT2D eigenvalue weighted by Crippen LogP contribution is 2.25. The molecule has 0 amide bonds. The number of hydrogen-bond acceptors (Lipinski definition) is 2. The van der Waals surface area contributed by atoms with E-state index in [0.29, 0.717) is 17.7 Å². The first-order valence-electron chi connectivity index (χ1n) is 6.47. The molecule has 1 N–H and O–H groups in total. The second-order valence-corrected chi connectivity index (χ2v) is 7.38. The van der Waals surface area contributed by atoms with Gasteiger partial charge < -0.3 is 0 Å². The standard InChI is InChI=1S/C15H16BrClN2O2/c1-15(2,3)8-19-13(20)11(12(17)18-14(19)21)9-5-4-6-10(16)7-9/h4-7H,8H2,1-3H3,(H,18,21). The summed E-state index contributed by atoms with van der Waals surface area (Å²) in [6.45, 7) is 6.21. The Morgan fingerprint density at radius 1 is 1.29 bits per heavy atom. The van der Waals surface area contributed by atoms with Crippen molar-refractivity contribution in [2.75, 3.05) is 0 Å². The highest BCUT2D eigenvalue weighted by molar-refractivity contribution is 9.10. The third-order valence-corrected chi connectivity index (χ3v) is 3.66. The monoisotopic (exact) mass is 370 g/mol. The fourth-order valence-electron chi connectivity index (χ4n) is 2.06. The van der Waals surface area contributed by atoms with E-state index >= 15 is 0 Å². The van der Waals surface area contributed by atoms with Gasteiger partial charge in [0.25, 0.3) is 5.56 Å². The molecular weight excluding hydrogens is 356 g/mol. The Labute approximate surface area is 135 Å². The molecule has 1 aromatic heterocycles. The maximum atomic E-state index is 12.6. The number of aromatic amines is 1. The lowest BCUT2D eigenvalue weighted by molar-refractivity contribution is 0.331. The first kappa shape index (κ1) is 16.0. The Hall–Kier alpha value is -1.33. The average molecular weight is 372 g/mol. The van der Waals surface area contributed by atoms with Crippen molar-refractivity contribution in [3.05, 3.63) is 54.7 Å². The molecule has 0 saturated carbocycles. The van der Waals surface area contributed by atoms with Crippen LogP contribution in [0.3, 0.4) is 0 Å². The lowest BCUT2D eigenvalue weighted by Crippen LogP contribution is -2.39. The zero-order valence-corrected chi connectivity index (χ0v) is 14.4. The number of rotatable bonds is 2. The Bertz CT molecular complexity index is 787. The molecular formula is C15H16BrClN2O2. The van der Waals surface area contributed by atoms with Crippen LogP contribution < -0.4 is 11.2 Å². The fraction of sp³-hybridized carbons (Fsp3) is 0.333. The molecule has 0 saturated heterocycles. The van der Waals surface area contributed by atoms with E-state index in [-0.39, 0.29) is 16.1 Å². The number of H-pyrrole nitrogens is 1. The topological polar surface area (TPSA) is 54.9 Å². The molecule has 2 rings (SSSR count). The number of hydrogen-bond donors (Lipinski definition) is 1. The molecule has 0 bridgehead atoms. The van der Waals surface area contributed by atoms with E-state index in [1.54, 1.807) is 12.1 Å². The van der Waals surface area contributed by atoms with Gasteiger partial charge in [-0.1, -0.05) is 60.4 Å². The Morgan fingerprint density at radius 2 is 1.95 bits per heavy atom. The van der Waals surface area contributed by atoms with E-state index in [9.17, 15) is 9.59 Å². The van der Waals surface area contributed by atoms with Crippen molar-refractivity contribution in [1.29, 1.82) is 0 Å². The summed E-state index contributed by atoms with van der Waals surface area (Å²) < 4.78 is 2.03. The molecule has 0 unspecified atom stereocenters. The van der Waals surface area contributed by atoms with Crippen LogP contribution in [0.1, 0.15) is 20.8 Å². The first-order chi connectivity index (χ1) is 9.69. The summed E-state index contributed by atoms with van der Waals surface area (Å²) in [5, 5.41) is 0.0632. The number of benzene rings is 1. The minimum absolute atomic E-state index is 0.0632. The van der Waals surface area contributed by atoms with Crippen LogP contribution in [0.25, 0.3) is 11.1 Å². The van der Waals surface area contributed by atoms with Crippen LogP contribution in [0.5, 0.6) is 0 Å². The smallest absolute Gasteiger partial charge is 0.297 e. The summed E-state index contributed by atoms with van der Waals surface area (Å²) in [7, 11) is 0. The number of aromatic nitrogens is 2. The predicted octanol–water partition coefficient (Wildman–Crippen LogP) is 3.67. The van der Waals surface area contributed by atoms with Crippen LogP contribution in [0, 0.1) is 5.41 Å². The molecule has 1 heterocycles. The van der Waals surface area contributed by atoms with Crippen LogP contribution in [-0.2, 0) is 6.54 Å². The maximum absolute atomic E-state index is 12.6. The average Bonchev–Trinajstić information content (AvgIpc) is 2.33. The maximum Gasteiger partial charge on any atom is 0.329 e. The molecule has 0 aliphatic heterocycles. The summed E-state index contributed by atoms with van der Waals surface area (Å²) in [4.78, 5) is 27.2. The van der Waals surface area contributed by atoms with Gasteiger partial charge in [0.15, 0.2) is 0 Å². The summed E-state index contributed by atoms with van der Waals surface area (Å²) in [6, 6.07) is 7.25. The van der Waals surface area contributed by atoms with E-state index in [0.717, 1.165) is 4.47 Å². The minimum Gasteiger partial charge on any atom is -0.297 e. The van der Waals surface area contributed by atoms with E-state index < -0.39 is 5.69 Å². The molecule has 21 heavy (non-hydrogen) atoms. The van der Waals surface area contributed by atoms with Gasteiger partial charge in [0, 0.05) is 11.0 Å². The molecule has 112 valence electrons. The summed E-state index contributed by atoms with van der Waals surface area (Å²) in [5.74, 6) is 0. The minimum atomic E-state index is -0.487. The highest BCUT2D eigenvalue weighted by atomic mass is 79.9. The zero-order valence-electron chi connectivity index (χ0n) is 12.0. The third-order valence-electron chi connectivity index (χ3n) is 2.89. The van der Waals surface area contributed by atoms with Crippen molar-refractivity contribution in [3.8, 4) is 11.1 Å². The lowest BCUT2D eigenvalue weighted by atomic mass is 9.97. The molecule has 0 spiro atoms. The molecule has 0 aliphatic carbocycles. The lowest BCUT2D eigenvalue weighted by Gasteiger charge is -2.19. The summed E-state index contributed by atoms with van der Waals surface area (Å²) in [6.07, 6.45) is 0. The van der Waals surface area contributed by atoms with Crippen LogP contribution in [-0.4, -0.2) is 9.55 Å². The number of halogens is 2. The van der Waals surface area contributed by atoms with E-state index in [4.69, 9.17) is 11.6 Å². The third kappa shape index (κ3) is 3.66. The largest absolute Gasteiger partial charge is 0.329 e. The second kappa shape index (κ2) is 5.81. The van der Waals surface area contributed by atoms with Crippen LogP contribution in [0.4, 0.5) is 0 Å². The predicted molar refractivity (Wildman–Crippen MR) is 88.9 cm³/mol. The van der Waals surface area contributed by atoms with Gasteiger partial charge >= 0.3 is 5.69 Å². The van der Waals surface area contributed by atoms with Gasteiger partial charge in [-0.15, -0.1) is 0 Å². The summed E-state index contributed by atoms with van der Waals surface area (Å²) >= 11 is 9.45. The Kier molecular flexibility index (Phi) is 4.44. The van der Waals surface area contributed by atoms with Crippen molar-refractivity contribution in [2.45, 2.75) is 27.3 Å². The molecule has 0 radical (unpaired) electrons. The molecule has 2 aromatic rings. The highest BCUT2D eigenvalue weighted by Gasteiger charge is 2.19. The van der Waals surface area contributed by atoms with Crippen molar-refractivity contribution in [2.24, 2.45) is 5.41 Å². The fourth-order valence-corrected chi connectivity index (χ4v) is 2.73. The van der Waals surface area contributed by atoms with E-state index in [1.165, 1.54) is 4.57 Å². The molecule has 0 fully saturated rings. The van der Waals surface area contributed by atoms with Gasteiger partial charge in [-0.25, -0.2) is 4.79 Å². The van der Waals surface area contributed by atoms with Crippen LogP contribution in [0.2, 0.25) is 5.15 Å². The van der Waals surface area contributed by atoms with E-state index in [2.05, 4.69) is 20.9 Å². The van der Waals surface area contributed by atoms with Gasteiger partial charge in [0.2, 0.25) is 0 Å². The van der Waals surface area contributed by atoms with Gasteiger partial charge in [-0.2, -0.15) is 0 Å². The number of nitrogens with zero attached hydrogens (tertiary/aromatic N) is 1. The van der Waals surface area contributed by atoms with Crippen molar-refractivity contribution >= 4 is 27.5 Å².